The summed E-state index contributed by atoms with van der Waals surface area (Å²) >= 11 is 0. The van der Waals surface area contributed by atoms with Gasteiger partial charge < -0.3 is 24.8 Å². The van der Waals surface area contributed by atoms with E-state index in [2.05, 4.69) is 15.5 Å². The van der Waals surface area contributed by atoms with Crippen molar-refractivity contribution >= 4 is 11.8 Å². The van der Waals surface area contributed by atoms with Crippen LogP contribution in [0.5, 0.6) is 0 Å². The molecule has 1 aliphatic rings. The van der Waals surface area contributed by atoms with Gasteiger partial charge in [-0.2, -0.15) is 0 Å². The van der Waals surface area contributed by atoms with Crippen LogP contribution in [0, 0.1) is 0 Å². The third-order valence-electron chi connectivity index (χ3n) is 3.20. The lowest BCUT2D eigenvalue weighted by Crippen LogP contribution is -2.44. The van der Waals surface area contributed by atoms with Gasteiger partial charge in [0.2, 0.25) is 0 Å². The average molecular weight is 303 g/mol. The predicted molar refractivity (Wildman–Crippen MR) is 75.7 cm³/mol. The highest BCUT2D eigenvalue weighted by Gasteiger charge is 2.15. The number of nitrogens with zero attached hydrogens (tertiary/aromatic N) is 1. The summed E-state index contributed by atoms with van der Waals surface area (Å²) < 4.78 is 15.1. The van der Waals surface area contributed by atoms with Gasteiger partial charge in [-0.15, -0.1) is 0 Å². The molecule has 0 radical (unpaired) electrons. The van der Waals surface area contributed by atoms with E-state index in [1.807, 2.05) is 0 Å². The van der Waals surface area contributed by atoms with E-state index >= 15 is 0 Å². The maximum absolute atomic E-state index is 11.5. The summed E-state index contributed by atoms with van der Waals surface area (Å²) in [7, 11) is 2.93. The summed E-state index contributed by atoms with van der Waals surface area (Å²) in [5, 5.41) is 5.04. The Balaban J connectivity index is 2.07. The summed E-state index contributed by atoms with van der Waals surface area (Å²) in [5.74, 6) is -1.32. The largest absolute Gasteiger partial charge is 0.379 e. The lowest BCUT2D eigenvalue weighted by molar-refractivity contribution is -0.141. The second kappa shape index (κ2) is 10.5. The van der Waals surface area contributed by atoms with Crippen LogP contribution in [0.2, 0.25) is 0 Å². The van der Waals surface area contributed by atoms with Crippen molar-refractivity contribution in [2.24, 2.45) is 0 Å². The molecule has 0 aromatic heterocycles. The molecule has 0 bridgehead atoms. The quantitative estimate of drug-likeness (QED) is 0.324. The fourth-order valence-corrected chi connectivity index (χ4v) is 1.93. The van der Waals surface area contributed by atoms with Crippen molar-refractivity contribution in [1.29, 1.82) is 0 Å². The molecule has 0 atom stereocenters. The Labute approximate surface area is 125 Å². The summed E-state index contributed by atoms with van der Waals surface area (Å²) in [6, 6.07) is 0. The molecule has 0 aliphatic carbocycles. The second-order valence-corrected chi connectivity index (χ2v) is 4.67. The Morgan fingerprint density at radius 2 is 1.76 bits per heavy atom. The SMILES string of the molecule is COC(CNC(=O)C(=O)NCCCN1CCOCC1)OC. The molecule has 8 nitrogen and oxygen atoms in total. The minimum atomic E-state index is -0.680. The van der Waals surface area contributed by atoms with Crippen LogP contribution < -0.4 is 10.6 Å². The standard InChI is InChI=1S/C13H25N3O5/c1-19-11(20-2)10-15-13(18)12(17)14-4-3-5-16-6-8-21-9-7-16/h11H,3-10H2,1-2H3,(H,14,17)(H,15,18). The van der Waals surface area contributed by atoms with E-state index in [4.69, 9.17) is 14.2 Å². The van der Waals surface area contributed by atoms with Crippen LogP contribution in [-0.2, 0) is 23.8 Å². The number of rotatable bonds is 8. The zero-order valence-electron chi connectivity index (χ0n) is 12.7. The van der Waals surface area contributed by atoms with Crippen LogP contribution in [0.15, 0.2) is 0 Å². The van der Waals surface area contributed by atoms with Gasteiger partial charge in [0.25, 0.3) is 0 Å². The number of hydrogen-bond donors (Lipinski definition) is 2. The monoisotopic (exact) mass is 303 g/mol. The topological polar surface area (TPSA) is 89.1 Å². The first kappa shape index (κ1) is 17.8. The Bertz CT molecular complexity index is 317. The first-order chi connectivity index (χ1) is 10.2. The van der Waals surface area contributed by atoms with Gasteiger partial charge >= 0.3 is 11.8 Å². The van der Waals surface area contributed by atoms with Gasteiger partial charge in [-0.05, 0) is 13.0 Å². The van der Waals surface area contributed by atoms with Crippen molar-refractivity contribution in [3.8, 4) is 0 Å². The van der Waals surface area contributed by atoms with E-state index in [1.165, 1.54) is 14.2 Å². The lowest BCUT2D eigenvalue weighted by atomic mass is 10.3. The molecule has 0 spiro atoms. The molecule has 2 N–H and O–H groups in total. The summed E-state index contributed by atoms with van der Waals surface area (Å²) in [5.41, 5.74) is 0. The molecule has 8 heteroatoms. The highest BCUT2D eigenvalue weighted by molar-refractivity contribution is 6.35. The van der Waals surface area contributed by atoms with E-state index in [0.29, 0.717) is 6.54 Å². The molecule has 1 saturated heterocycles. The lowest BCUT2D eigenvalue weighted by Gasteiger charge is -2.26. The number of methoxy groups -OCH3 is 2. The van der Waals surface area contributed by atoms with E-state index in [0.717, 1.165) is 39.3 Å². The predicted octanol–water partition coefficient (Wildman–Crippen LogP) is -1.44. The zero-order valence-corrected chi connectivity index (χ0v) is 12.7. The number of carbonyl (C=O) groups excluding carboxylic acids is 2. The van der Waals surface area contributed by atoms with Crippen molar-refractivity contribution in [2.75, 3.05) is 60.2 Å². The molecule has 122 valence electrons. The molecule has 0 aromatic carbocycles. The van der Waals surface area contributed by atoms with E-state index in [1.54, 1.807) is 0 Å². The molecule has 2 amide bonds. The number of nitrogens with one attached hydrogen (secondary N) is 2. The molecule has 0 saturated carbocycles. The smallest absolute Gasteiger partial charge is 0.309 e. The normalized spacial score (nSPS) is 16.0. The van der Waals surface area contributed by atoms with Crippen molar-refractivity contribution in [1.82, 2.24) is 15.5 Å². The zero-order chi connectivity index (χ0) is 15.5. The highest BCUT2D eigenvalue weighted by atomic mass is 16.7. The number of hydrogen-bond acceptors (Lipinski definition) is 6. The maximum atomic E-state index is 11.5. The van der Waals surface area contributed by atoms with Crippen LogP contribution in [0.25, 0.3) is 0 Å². The number of ether oxygens (including phenoxy) is 3. The van der Waals surface area contributed by atoms with Crippen LogP contribution in [0.1, 0.15) is 6.42 Å². The molecule has 0 unspecified atom stereocenters. The summed E-state index contributed by atoms with van der Waals surface area (Å²) in [4.78, 5) is 25.3. The van der Waals surface area contributed by atoms with Crippen LogP contribution in [-0.4, -0.2) is 83.2 Å². The third-order valence-corrected chi connectivity index (χ3v) is 3.20. The second-order valence-electron chi connectivity index (χ2n) is 4.67. The van der Waals surface area contributed by atoms with Crippen molar-refractivity contribution < 1.29 is 23.8 Å². The molecule has 1 heterocycles. The van der Waals surface area contributed by atoms with Crippen molar-refractivity contribution in [2.45, 2.75) is 12.7 Å². The molecule has 21 heavy (non-hydrogen) atoms. The highest BCUT2D eigenvalue weighted by Crippen LogP contribution is 1.97. The van der Waals surface area contributed by atoms with Gasteiger partial charge in [0.1, 0.15) is 0 Å². The van der Waals surface area contributed by atoms with E-state index in [9.17, 15) is 9.59 Å². The minimum absolute atomic E-state index is 0.132. The fraction of sp³-hybridized carbons (Fsp3) is 0.846. The fourth-order valence-electron chi connectivity index (χ4n) is 1.93. The molecular weight excluding hydrogens is 278 g/mol. The Hall–Kier alpha value is -1.22. The Kier molecular flexibility index (Phi) is 8.91. The van der Waals surface area contributed by atoms with Gasteiger partial charge in [-0.3, -0.25) is 14.5 Å². The van der Waals surface area contributed by atoms with Crippen LogP contribution in [0.3, 0.4) is 0 Å². The first-order valence-corrected chi connectivity index (χ1v) is 7.09. The van der Waals surface area contributed by atoms with Gasteiger partial charge in [0.15, 0.2) is 6.29 Å². The van der Waals surface area contributed by atoms with Gasteiger partial charge in [-0.25, -0.2) is 0 Å². The maximum Gasteiger partial charge on any atom is 0.309 e. The van der Waals surface area contributed by atoms with E-state index < -0.39 is 18.1 Å². The number of amides is 2. The third kappa shape index (κ3) is 7.37. The van der Waals surface area contributed by atoms with Gasteiger partial charge in [0.05, 0.1) is 19.8 Å². The summed E-state index contributed by atoms with van der Waals surface area (Å²) in [6.45, 7) is 4.85. The minimum Gasteiger partial charge on any atom is -0.379 e. The molecule has 0 aromatic rings. The molecule has 1 rings (SSSR count). The van der Waals surface area contributed by atoms with E-state index in [-0.39, 0.29) is 6.54 Å². The van der Waals surface area contributed by atoms with Crippen molar-refractivity contribution in [3.05, 3.63) is 0 Å². The van der Waals surface area contributed by atoms with Crippen LogP contribution in [0.4, 0.5) is 0 Å². The summed E-state index contributed by atoms with van der Waals surface area (Å²) in [6.07, 6.45) is 0.251. The Morgan fingerprint density at radius 3 is 2.38 bits per heavy atom. The average Bonchev–Trinajstić information content (AvgIpc) is 2.53. The van der Waals surface area contributed by atoms with Gasteiger partial charge in [-0.1, -0.05) is 0 Å². The number of morpholine rings is 1. The van der Waals surface area contributed by atoms with Crippen LogP contribution >= 0.6 is 0 Å². The molecule has 1 fully saturated rings. The first-order valence-electron chi connectivity index (χ1n) is 7.09. The molecular formula is C13H25N3O5. The number of carbonyl (C=O) groups is 2. The molecule has 1 aliphatic heterocycles. The Morgan fingerprint density at radius 1 is 1.14 bits per heavy atom. The van der Waals surface area contributed by atoms with Crippen molar-refractivity contribution in [3.63, 3.8) is 0 Å². The van der Waals surface area contributed by atoms with Gasteiger partial charge in [0, 0.05) is 33.9 Å².